The Balaban J connectivity index is 0.00000180. The Bertz CT molecular complexity index is 311. The van der Waals surface area contributed by atoms with Crippen LogP contribution in [0.2, 0.25) is 0 Å². The van der Waals surface area contributed by atoms with Crippen LogP contribution in [0.15, 0.2) is 4.99 Å². The van der Waals surface area contributed by atoms with Gasteiger partial charge in [-0.2, -0.15) is 0 Å². The summed E-state index contributed by atoms with van der Waals surface area (Å²) >= 11 is 0. The first kappa shape index (κ1) is 17.1. The van der Waals surface area contributed by atoms with Crippen molar-refractivity contribution < 1.29 is 0 Å². The lowest BCUT2D eigenvalue weighted by Gasteiger charge is -2.32. The fourth-order valence-corrected chi connectivity index (χ4v) is 3.22. The molecule has 1 unspecified atom stereocenters. The molecule has 0 aromatic rings. The highest BCUT2D eigenvalue weighted by atomic mass is 127. The highest BCUT2D eigenvalue weighted by Crippen LogP contribution is 2.50. The molecule has 4 heteroatoms. The van der Waals surface area contributed by atoms with Crippen molar-refractivity contribution in [2.24, 2.45) is 28.0 Å². The van der Waals surface area contributed by atoms with Crippen LogP contribution >= 0.6 is 24.0 Å². The lowest BCUT2D eigenvalue weighted by molar-refractivity contribution is 0.269. The summed E-state index contributed by atoms with van der Waals surface area (Å²) in [5, 5.41) is 0. The lowest BCUT2D eigenvalue weighted by atomic mass is 9.94. The molecule has 0 amide bonds. The van der Waals surface area contributed by atoms with Crippen molar-refractivity contribution in [3.05, 3.63) is 0 Å². The van der Waals surface area contributed by atoms with E-state index in [9.17, 15) is 0 Å². The van der Waals surface area contributed by atoms with Crippen molar-refractivity contribution >= 4 is 29.9 Å². The van der Waals surface area contributed by atoms with Gasteiger partial charge in [0, 0.05) is 19.6 Å². The third-order valence-electron chi connectivity index (χ3n) is 4.36. The van der Waals surface area contributed by atoms with Crippen molar-refractivity contribution in [2.75, 3.05) is 19.6 Å². The van der Waals surface area contributed by atoms with Crippen molar-refractivity contribution in [3.8, 4) is 0 Å². The van der Waals surface area contributed by atoms with Crippen molar-refractivity contribution in [3.63, 3.8) is 0 Å². The maximum atomic E-state index is 6.15. The molecule has 1 heterocycles. The standard InChI is InChI=1S/C15H29N3.HI/c1-12(2)9-15(6-7-15)11-17-14(16)18-8-4-5-13(3)10-18;/h12-13H,4-11H2,1-3H3,(H2,16,17);1H. The first-order valence-corrected chi connectivity index (χ1v) is 7.56. The van der Waals surface area contributed by atoms with Crippen molar-refractivity contribution in [2.45, 2.75) is 52.9 Å². The number of halogens is 1. The Hall–Kier alpha value is 0. The van der Waals surface area contributed by atoms with E-state index in [1.807, 2.05) is 0 Å². The van der Waals surface area contributed by atoms with Gasteiger partial charge in [-0.1, -0.05) is 20.8 Å². The third kappa shape index (κ3) is 5.12. The molecular weight excluding hydrogens is 349 g/mol. The molecule has 112 valence electrons. The first-order chi connectivity index (χ1) is 8.51. The summed E-state index contributed by atoms with van der Waals surface area (Å²) in [6.45, 7) is 10.0. The predicted octanol–water partition coefficient (Wildman–Crippen LogP) is 3.48. The molecule has 0 aromatic carbocycles. The van der Waals surface area contributed by atoms with Gasteiger partial charge in [0.2, 0.25) is 0 Å². The molecule has 2 fully saturated rings. The Morgan fingerprint density at radius 1 is 1.42 bits per heavy atom. The number of nitrogens with zero attached hydrogens (tertiary/aromatic N) is 2. The topological polar surface area (TPSA) is 41.6 Å². The summed E-state index contributed by atoms with van der Waals surface area (Å²) in [4.78, 5) is 6.97. The fourth-order valence-electron chi connectivity index (χ4n) is 3.22. The van der Waals surface area contributed by atoms with E-state index in [0.29, 0.717) is 5.41 Å². The maximum Gasteiger partial charge on any atom is 0.191 e. The monoisotopic (exact) mass is 379 g/mol. The van der Waals surface area contributed by atoms with Crippen LogP contribution in [0, 0.1) is 17.3 Å². The van der Waals surface area contributed by atoms with Gasteiger partial charge in [0.05, 0.1) is 0 Å². The average Bonchev–Trinajstić information content (AvgIpc) is 3.05. The minimum absolute atomic E-state index is 0. The van der Waals surface area contributed by atoms with Gasteiger partial charge in [0.25, 0.3) is 0 Å². The van der Waals surface area contributed by atoms with Gasteiger partial charge in [-0.3, -0.25) is 4.99 Å². The number of rotatable bonds is 4. The van der Waals surface area contributed by atoms with E-state index in [1.165, 1.54) is 32.1 Å². The molecule has 2 rings (SSSR count). The molecule has 2 aliphatic rings. The molecule has 19 heavy (non-hydrogen) atoms. The summed E-state index contributed by atoms with van der Waals surface area (Å²) in [7, 11) is 0. The van der Waals surface area contributed by atoms with E-state index in [0.717, 1.165) is 37.4 Å². The zero-order chi connectivity index (χ0) is 13.2. The summed E-state index contributed by atoms with van der Waals surface area (Å²) in [5.41, 5.74) is 6.65. The van der Waals surface area contributed by atoms with Crippen LogP contribution in [0.25, 0.3) is 0 Å². The van der Waals surface area contributed by atoms with Gasteiger partial charge in [-0.05, 0) is 49.4 Å². The second-order valence-electron chi connectivity index (χ2n) is 6.97. The van der Waals surface area contributed by atoms with Gasteiger partial charge >= 0.3 is 0 Å². The smallest absolute Gasteiger partial charge is 0.191 e. The Labute approximate surface area is 135 Å². The van der Waals surface area contributed by atoms with Crippen LogP contribution in [0.4, 0.5) is 0 Å². The average molecular weight is 379 g/mol. The quantitative estimate of drug-likeness (QED) is 0.462. The van der Waals surface area contributed by atoms with Gasteiger partial charge < -0.3 is 10.6 Å². The molecular formula is C15H30IN3. The van der Waals surface area contributed by atoms with E-state index in [4.69, 9.17) is 5.73 Å². The molecule has 3 nitrogen and oxygen atoms in total. The second-order valence-corrected chi connectivity index (χ2v) is 6.97. The summed E-state index contributed by atoms with van der Waals surface area (Å²) in [5.74, 6) is 2.33. The van der Waals surface area contributed by atoms with Crippen LogP contribution in [0.3, 0.4) is 0 Å². The number of piperidine rings is 1. The largest absolute Gasteiger partial charge is 0.370 e. The van der Waals surface area contributed by atoms with Crippen LogP contribution < -0.4 is 5.73 Å². The third-order valence-corrected chi connectivity index (χ3v) is 4.36. The van der Waals surface area contributed by atoms with Crippen LogP contribution in [0.5, 0.6) is 0 Å². The highest BCUT2D eigenvalue weighted by Gasteiger charge is 2.42. The normalized spacial score (nSPS) is 26.2. The zero-order valence-corrected chi connectivity index (χ0v) is 15.0. The van der Waals surface area contributed by atoms with Crippen molar-refractivity contribution in [1.82, 2.24) is 4.90 Å². The SMILES string of the molecule is CC(C)CC1(CN=C(N)N2CCCC(C)C2)CC1.I. The van der Waals surface area contributed by atoms with Crippen LogP contribution in [0.1, 0.15) is 52.9 Å². The van der Waals surface area contributed by atoms with E-state index in [-0.39, 0.29) is 24.0 Å². The number of likely N-dealkylation sites (tertiary alicyclic amines) is 1. The Morgan fingerprint density at radius 3 is 2.63 bits per heavy atom. The molecule has 0 aromatic heterocycles. The van der Waals surface area contributed by atoms with Gasteiger partial charge in [-0.25, -0.2) is 0 Å². The molecule has 1 saturated carbocycles. The van der Waals surface area contributed by atoms with Gasteiger partial charge in [0.15, 0.2) is 5.96 Å². The molecule has 1 aliphatic heterocycles. The molecule has 1 aliphatic carbocycles. The summed E-state index contributed by atoms with van der Waals surface area (Å²) in [6.07, 6.45) is 6.59. The molecule has 1 atom stereocenters. The van der Waals surface area contributed by atoms with Crippen molar-refractivity contribution in [1.29, 1.82) is 0 Å². The Kier molecular flexibility index (Phi) is 6.40. The summed E-state index contributed by atoms with van der Waals surface area (Å²) in [6, 6.07) is 0. The number of nitrogens with two attached hydrogens (primary N) is 1. The first-order valence-electron chi connectivity index (χ1n) is 7.56. The van der Waals surface area contributed by atoms with Gasteiger partial charge in [0.1, 0.15) is 0 Å². The van der Waals surface area contributed by atoms with Crippen LogP contribution in [-0.4, -0.2) is 30.5 Å². The fraction of sp³-hybridized carbons (Fsp3) is 0.933. The van der Waals surface area contributed by atoms with E-state index < -0.39 is 0 Å². The molecule has 0 spiro atoms. The number of guanidine groups is 1. The maximum absolute atomic E-state index is 6.15. The van der Waals surface area contributed by atoms with Crippen LogP contribution in [-0.2, 0) is 0 Å². The number of hydrogen-bond donors (Lipinski definition) is 1. The molecule has 2 N–H and O–H groups in total. The molecule has 1 saturated heterocycles. The van der Waals surface area contributed by atoms with E-state index >= 15 is 0 Å². The molecule has 0 radical (unpaired) electrons. The second kappa shape index (κ2) is 7.14. The van der Waals surface area contributed by atoms with E-state index in [1.54, 1.807) is 0 Å². The summed E-state index contributed by atoms with van der Waals surface area (Å²) < 4.78 is 0. The highest BCUT2D eigenvalue weighted by molar-refractivity contribution is 14.0. The van der Waals surface area contributed by atoms with E-state index in [2.05, 4.69) is 30.7 Å². The number of aliphatic imine (C=N–C) groups is 1. The minimum atomic E-state index is 0. The predicted molar refractivity (Wildman–Crippen MR) is 93.0 cm³/mol. The molecule has 0 bridgehead atoms. The Morgan fingerprint density at radius 2 is 2.11 bits per heavy atom. The van der Waals surface area contributed by atoms with Gasteiger partial charge in [-0.15, -0.1) is 24.0 Å². The number of hydrogen-bond acceptors (Lipinski definition) is 1. The minimum Gasteiger partial charge on any atom is -0.370 e. The lowest BCUT2D eigenvalue weighted by Crippen LogP contribution is -2.43. The zero-order valence-electron chi connectivity index (χ0n) is 12.7.